The van der Waals surface area contributed by atoms with Crippen LogP contribution in [-0.4, -0.2) is 59.9 Å². The SMILES string of the molecule is CCCOC(=O)C[C@@H](Cc1ccccc1)NC(=O)c1cc(CCC)n(Cc2ccc(-c3ccccc3-c3nnn[nH]3)nc2)n1. The van der Waals surface area contributed by atoms with Gasteiger partial charge in [-0.2, -0.15) is 5.10 Å². The van der Waals surface area contributed by atoms with Crippen molar-refractivity contribution in [2.45, 2.75) is 58.5 Å². The van der Waals surface area contributed by atoms with E-state index in [2.05, 4.69) is 38.0 Å². The normalized spacial score (nSPS) is 11.7. The number of benzene rings is 2. The molecule has 11 heteroatoms. The van der Waals surface area contributed by atoms with E-state index in [9.17, 15) is 9.59 Å². The standard InChI is InChI=1S/C33H36N8O3/c1-3-10-26-20-30(33(43)35-25(19-31(42)44-17-4-2)18-23-11-6-5-7-12-23)38-41(26)22-24-15-16-29(34-21-24)27-13-8-9-14-28(27)32-36-39-40-37-32/h5-9,11-16,20-21,25H,3-4,10,17-19,22H2,1-2H3,(H,35,43)(H,36,37,39,40)/t25-/m1/s1. The number of hydrogen-bond donors (Lipinski definition) is 2. The van der Waals surface area contributed by atoms with Gasteiger partial charge in [-0.1, -0.05) is 80.9 Å². The summed E-state index contributed by atoms with van der Waals surface area (Å²) in [5.74, 6) is -0.0828. The van der Waals surface area contributed by atoms with Crippen LogP contribution in [0.3, 0.4) is 0 Å². The number of carbonyl (C=O) groups excluding carboxylic acids is 2. The van der Waals surface area contributed by atoms with Crippen LogP contribution in [0.4, 0.5) is 0 Å². The second-order valence-electron chi connectivity index (χ2n) is 10.6. The van der Waals surface area contributed by atoms with Crippen LogP contribution in [0.25, 0.3) is 22.6 Å². The third kappa shape index (κ3) is 7.80. The molecule has 2 N–H and O–H groups in total. The summed E-state index contributed by atoms with van der Waals surface area (Å²) in [6.45, 7) is 4.85. The predicted molar refractivity (Wildman–Crippen MR) is 165 cm³/mol. The van der Waals surface area contributed by atoms with Gasteiger partial charge in [-0.05, 0) is 52.9 Å². The minimum absolute atomic E-state index is 0.0806. The number of ether oxygens (including phenoxy) is 1. The summed E-state index contributed by atoms with van der Waals surface area (Å²) < 4.78 is 7.16. The Labute approximate surface area is 256 Å². The van der Waals surface area contributed by atoms with Crippen molar-refractivity contribution in [2.75, 3.05) is 6.61 Å². The van der Waals surface area contributed by atoms with Crippen LogP contribution in [0.1, 0.15) is 60.4 Å². The van der Waals surface area contributed by atoms with Crippen molar-refractivity contribution in [3.8, 4) is 22.6 Å². The highest BCUT2D eigenvalue weighted by Crippen LogP contribution is 2.28. The molecule has 0 bridgehead atoms. The average molecular weight is 593 g/mol. The molecule has 5 aromatic rings. The van der Waals surface area contributed by atoms with Crippen LogP contribution in [0.5, 0.6) is 0 Å². The van der Waals surface area contributed by atoms with E-state index in [1.165, 1.54) is 0 Å². The van der Waals surface area contributed by atoms with Crippen molar-refractivity contribution in [1.82, 2.24) is 40.7 Å². The molecule has 0 radical (unpaired) electrons. The average Bonchev–Trinajstić information content (AvgIpc) is 3.72. The van der Waals surface area contributed by atoms with Crippen molar-refractivity contribution in [1.29, 1.82) is 0 Å². The minimum Gasteiger partial charge on any atom is -0.466 e. The molecule has 0 saturated carbocycles. The number of aromatic amines is 1. The molecule has 3 heterocycles. The largest absolute Gasteiger partial charge is 0.466 e. The van der Waals surface area contributed by atoms with Gasteiger partial charge in [-0.25, -0.2) is 5.10 Å². The summed E-state index contributed by atoms with van der Waals surface area (Å²) in [7, 11) is 0. The first-order valence-electron chi connectivity index (χ1n) is 14.9. The number of esters is 1. The number of amides is 1. The fraction of sp³-hybridized carbons (Fsp3) is 0.303. The van der Waals surface area contributed by atoms with Crippen molar-refractivity contribution in [3.63, 3.8) is 0 Å². The van der Waals surface area contributed by atoms with Gasteiger partial charge >= 0.3 is 5.97 Å². The monoisotopic (exact) mass is 592 g/mol. The first-order chi connectivity index (χ1) is 21.5. The first kappa shape index (κ1) is 30.3. The van der Waals surface area contributed by atoms with Gasteiger partial charge in [-0.3, -0.25) is 19.3 Å². The fourth-order valence-corrected chi connectivity index (χ4v) is 5.01. The van der Waals surface area contributed by atoms with E-state index in [-0.39, 0.29) is 18.3 Å². The molecule has 0 spiro atoms. The highest BCUT2D eigenvalue weighted by Gasteiger charge is 2.22. The number of tetrazole rings is 1. The summed E-state index contributed by atoms with van der Waals surface area (Å²) >= 11 is 0. The number of rotatable bonds is 14. The summed E-state index contributed by atoms with van der Waals surface area (Å²) in [5, 5.41) is 21.9. The number of aryl methyl sites for hydroxylation is 1. The Morgan fingerprint density at radius 2 is 1.75 bits per heavy atom. The number of H-pyrrole nitrogens is 1. The molecule has 0 aliphatic rings. The van der Waals surface area contributed by atoms with E-state index in [0.29, 0.717) is 31.1 Å². The van der Waals surface area contributed by atoms with E-state index in [4.69, 9.17) is 9.72 Å². The minimum atomic E-state index is -0.429. The molecule has 0 fully saturated rings. The summed E-state index contributed by atoms with van der Waals surface area (Å²) in [5.41, 5.74) is 5.78. The van der Waals surface area contributed by atoms with Crippen molar-refractivity contribution in [3.05, 3.63) is 102 Å². The quantitative estimate of drug-likeness (QED) is 0.175. The van der Waals surface area contributed by atoms with Crippen LogP contribution in [0.2, 0.25) is 0 Å². The van der Waals surface area contributed by atoms with E-state index >= 15 is 0 Å². The molecule has 5 rings (SSSR count). The number of nitrogens with zero attached hydrogens (tertiary/aromatic N) is 6. The maximum atomic E-state index is 13.4. The second-order valence-corrected chi connectivity index (χ2v) is 10.6. The molecular formula is C33H36N8O3. The molecule has 11 nitrogen and oxygen atoms in total. The van der Waals surface area contributed by atoms with Gasteiger partial charge < -0.3 is 10.1 Å². The van der Waals surface area contributed by atoms with Crippen LogP contribution in [-0.2, 0) is 28.9 Å². The maximum absolute atomic E-state index is 13.4. The van der Waals surface area contributed by atoms with Gasteiger partial charge in [0.15, 0.2) is 5.82 Å². The fourth-order valence-electron chi connectivity index (χ4n) is 5.01. The van der Waals surface area contributed by atoms with Gasteiger partial charge in [0.2, 0.25) is 0 Å². The Morgan fingerprint density at radius 1 is 0.955 bits per heavy atom. The lowest BCUT2D eigenvalue weighted by atomic mass is 10.0. The van der Waals surface area contributed by atoms with Crippen molar-refractivity contribution >= 4 is 11.9 Å². The molecule has 2 aromatic carbocycles. The highest BCUT2D eigenvalue weighted by atomic mass is 16.5. The molecule has 0 aliphatic carbocycles. The second kappa shape index (κ2) is 14.8. The smallest absolute Gasteiger partial charge is 0.307 e. The zero-order chi connectivity index (χ0) is 30.7. The predicted octanol–water partition coefficient (Wildman–Crippen LogP) is 4.81. The summed E-state index contributed by atoms with van der Waals surface area (Å²) in [6, 6.07) is 22.9. The molecule has 0 saturated heterocycles. The molecule has 3 aromatic heterocycles. The number of pyridine rings is 1. The van der Waals surface area contributed by atoms with Crippen molar-refractivity contribution < 1.29 is 14.3 Å². The van der Waals surface area contributed by atoms with E-state index in [1.54, 1.807) is 0 Å². The van der Waals surface area contributed by atoms with Gasteiger partial charge in [0, 0.05) is 29.1 Å². The topological polar surface area (TPSA) is 141 Å². The van der Waals surface area contributed by atoms with Crippen LogP contribution in [0.15, 0.2) is 79.0 Å². The van der Waals surface area contributed by atoms with Crippen LogP contribution >= 0.6 is 0 Å². The molecule has 0 unspecified atom stereocenters. The van der Waals surface area contributed by atoms with Crippen molar-refractivity contribution in [2.24, 2.45) is 0 Å². The van der Waals surface area contributed by atoms with E-state index in [1.807, 2.05) is 90.6 Å². The zero-order valence-corrected chi connectivity index (χ0v) is 24.9. The summed E-state index contributed by atoms with van der Waals surface area (Å²) in [6.07, 6.45) is 4.81. The van der Waals surface area contributed by atoms with Gasteiger partial charge in [0.25, 0.3) is 5.91 Å². The number of nitrogens with one attached hydrogen (secondary N) is 2. The molecule has 0 aliphatic heterocycles. The lowest BCUT2D eigenvalue weighted by Crippen LogP contribution is -2.38. The number of hydrogen-bond acceptors (Lipinski definition) is 8. The molecule has 226 valence electrons. The van der Waals surface area contributed by atoms with E-state index in [0.717, 1.165) is 52.9 Å². The molecule has 1 atom stereocenters. The highest BCUT2D eigenvalue weighted by molar-refractivity contribution is 5.93. The maximum Gasteiger partial charge on any atom is 0.307 e. The third-order valence-electron chi connectivity index (χ3n) is 7.10. The Bertz CT molecular complexity index is 1650. The number of carbonyl (C=O) groups is 2. The Kier molecular flexibility index (Phi) is 10.2. The number of aromatic nitrogens is 7. The van der Waals surface area contributed by atoms with Crippen LogP contribution < -0.4 is 5.32 Å². The van der Waals surface area contributed by atoms with Gasteiger partial charge in [0.1, 0.15) is 5.69 Å². The summed E-state index contributed by atoms with van der Waals surface area (Å²) in [4.78, 5) is 30.6. The Morgan fingerprint density at radius 3 is 2.45 bits per heavy atom. The lowest BCUT2D eigenvalue weighted by Gasteiger charge is -2.18. The van der Waals surface area contributed by atoms with Gasteiger partial charge in [0.05, 0.1) is 25.3 Å². The molecule has 1 amide bonds. The third-order valence-corrected chi connectivity index (χ3v) is 7.10. The van der Waals surface area contributed by atoms with Gasteiger partial charge in [-0.15, -0.1) is 5.10 Å². The first-order valence-corrected chi connectivity index (χ1v) is 14.9. The lowest BCUT2D eigenvalue weighted by molar-refractivity contribution is -0.144. The molecule has 44 heavy (non-hydrogen) atoms. The molecular weight excluding hydrogens is 556 g/mol. The Hall–Kier alpha value is -5.19. The van der Waals surface area contributed by atoms with Crippen LogP contribution in [0, 0.1) is 0 Å². The van der Waals surface area contributed by atoms with E-state index < -0.39 is 6.04 Å². The zero-order valence-electron chi connectivity index (χ0n) is 24.9. The Balaban J connectivity index is 1.32.